The molecule has 0 bridgehead atoms. The van der Waals surface area contributed by atoms with Crippen LogP contribution >= 0.6 is 0 Å². The van der Waals surface area contributed by atoms with Crippen LogP contribution in [0.5, 0.6) is 0 Å². The first-order chi connectivity index (χ1) is 23.1. The normalized spacial score (nSPS) is 15.6. The van der Waals surface area contributed by atoms with Crippen molar-refractivity contribution < 1.29 is 27.7 Å². The second-order valence-corrected chi connectivity index (χ2v) is 35.0. The summed E-state index contributed by atoms with van der Waals surface area (Å²) >= 11 is 0. The molecule has 0 aromatic rings. The monoisotopic (exact) mass is 789 g/mol. The molecule has 0 fully saturated rings. The number of hydrogen-bond acceptors (Lipinski definition) is 7. The highest BCUT2D eigenvalue weighted by molar-refractivity contribution is 6.74. The Morgan fingerprint density at radius 3 is 0.808 bits per heavy atom. The summed E-state index contributed by atoms with van der Waals surface area (Å²) in [6.45, 7) is 46.3. The van der Waals surface area contributed by atoms with E-state index in [4.69, 9.17) is 13.3 Å². The third-order valence-electron chi connectivity index (χ3n) is 11.8. The van der Waals surface area contributed by atoms with E-state index < -0.39 is 25.0 Å². The number of nitrogens with zero attached hydrogens (tertiary/aromatic N) is 1. The van der Waals surface area contributed by atoms with E-state index in [1.54, 1.807) is 4.90 Å². The first-order valence-electron chi connectivity index (χ1n) is 19.7. The molecule has 10 nitrogen and oxygen atoms in total. The summed E-state index contributed by atoms with van der Waals surface area (Å²) in [5.74, 6) is -0.345. The Labute approximate surface area is 323 Å². The van der Waals surface area contributed by atoms with E-state index in [2.05, 4.69) is 159 Å². The third kappa shape index (κ3) is 17.6. The van der Waals surface area contributed by atoms with Crippen LogP contribution in [0.2, 0.25) is 54.4 Å². The molecule has 0 unspecified atom stereocenters. The minimum Gasteiger partial charge on any atom is -0.415 e. The van der Waals surface area contributed by atoms with Gasteiger partial charge in [-0.1, -0.05) is 104 Å². The van der Waals surface area contributed by atoms with Gasteiger partial charge in [-0.25, -0.2) is 0 Å². The first-order valence-corrected chi connectivity index (χ1v) is 28.4. The van der Waals surface area contributed by atoms with Gasteiger partial charge in [0, 0.05) is 0 Å². The van der Waals surface area contributed by atoms with Crippen LogP contribution in [0.15, 0.2) is 0 Å². The Morgan fingerprint density at radius 2 is 0.654 bits per heavy atom. The molecular formula is C39H84N4O6Si3. The van der Waals surface area contributed by atoms with Crippen molar-refractivity contribution in [1.82, 2.24) is 20.9 Å². The zero-order valence-corrected chi connectivity index (χ0v) is 40.6. The second kappa shape index (κ2) is 20.2. The van der Waals surface area contributed by atoms with Crippen molar-refractivity contribution in [2.24, 2.45) is 17.8 Å². The number of hydrogen-bond donors (Lipinski definition) is 3. The van der Waals surface area contributed by atoms with Crippen molar-refractivity contribution in [2.45, 2.75) is 176 Å². The highest BCUT2D eigenvalue weighted by Crippen LogP contribution is 2.38. The predicted octanol–water partition coefficient (Wildman–Crippen LogP) is 7.78. The molecule has 3 N–H and O–H groups in total. The molecule has 0 radical (unpaired) electrons. The lowest BCUT2D eigenvalue weighted by Crippen LogP contribution is -2.54. The van der Waals surface area contributed by atoms with Gasteiger partial charge in [0.15, 0.2) is 25.0 Å². The summed E-state index contributed by atoms with van der Waals surface area (Å²) < 4.78 is 19.5. The van der Waals surface area contributed by atoms with Gasteiger partial charge in [-0.05, 0) is 72.2 Å². The Morgan fingerprint density at radius 1 is 0.462 bits per heavy atom. The molecule has 0 aliphatic heterocycles. The zero-order chi connectivity index (χ0) is 41.3. The Kier molecular flexibility index (Phi) is 19.8. The molecule has 308 valence electrons. The highest BCUT2D eigenvalue weighted by atomic mass is 28.4. The Balaban J connectivity index is 6.10. The number of rotatable bonds is 21. The van der Waals surface area contributed by atoms with E-state index in [1.807, 2.05) is 0 Å². The molecule has 3 atom stereocenters. The van der Waals surface area contributed by atoms with Crippen LogP contribution in [0.3, 0.4) is 0 Å². The van der Waals surface area contributed by atoms with Crippen LogP contribution in [0.25, 0.3) is 0 Å². The lowest BCUT2D eigenvalue weighted by Gasteiger charge is -2.38. The molecule has 13 heteroatoms. The first kappa shape index (κ1) is 50.9. The van der Waals surface area contributed by atoms with E-state index in [0.717, 1.165) is 0 Å². The summed E-state index contributed by atoms with van der Waals surface area (Å²) in [4.78, 5) is 42.5. The van der Waals surface area contributed by atoms with Crippen molar-refractivity contribution in [1.29, 1.82) is 0 Å². The van der Waals surface area contributed by atoms with Gasteiger partial charge in [0.1, 0.15) is 0 Å². The molecule has 0 aliphatic carbocycles. The molecule has 0 saturated carbocycles. The van der Waals surface area contributed by atoms with Crippen LogP contribution in [-0.4, -0.2) is 105 Å². The predicted molar refractivity (Wildman–Crippen MR) is 226 cm³/mol. The van der Waals surface area contributed by atoms with E-state index in [0.29, 0.717) is 19.8 Å². The molecule has 0 rings (SSSR count). The summed E-state index contributed by atoms with van der Waals surface area (Å²) in [6.07, 6.45) is 0. The molecule has 52 heavy (non-hydrogen) atoms. The van der Waals surface area contributed by atoms with Crippen LogP contribution < -0.4 is 16.0 Å². The summed E-state index contributed by atoms with van der Waals surface area (Å²) in [6, 6.07) is -0.620. The molecule has 0 aromatic carbocycles. The maximum Gasteiger partial charge on any atom is 0.234 e. The maximum absolute atomic E-state index is 13.6. The average molecular weight is 789 g/mol. The van der Waals surface area contributed by atoms with E-state index in [-0.39, 0.29) is 88.3 Å². The number of carbonyl (C=O) groups is 3. The second-order valence-electron chi connectivity index (χ2n) is 20.6. The summed E-state index contributed by atoms with van der Waals surface area (Å²) in [5, 5.41) is 9.61. The standard InChI is InChI=1S/C39H84N4O6Si3/c1-28(2)31(25-47-50(16,17)37(7,8)9)40-34(44)22-43(23-35(45)41-32(29(3)4)26-48-51(18,19)38(10,11)12)24-36(46)42-33(30(5)6)27-49-52(20,21)39(13,14)15/h28-33H,22-27H2,1-21H3,(H,40,44)(H,41,45)(H,42,46)/t31-,32-,33-/m1/s1. The van der Waals surface area contributed by atoms with Crippen LogP contribution in [0.1, 0.15) is 104 Å². The van der Waals surface area contributed by atoms with Gasteiger partial charge in [0.25, 0.3) is 0 Å². The number of carbonyl (C=O) groups excluding carboxylic acids is 3. The summed E-state index contributed by atoms with van der Waals surface area (Å²) in [5.41, 5.74) is 0. The molecular weight excluding hydrogens is 705 g/mol. The Bertz CT molecular complexity index is 987. The van der Waals surface area contributed by atoms with Crippen molar-refractivity contribution >= 4 is 42.7 Å². The van der Waals surface area contributed by atoms with Crippen molar-refractivity contribution in [2.75, 3.05) is 39.5 Å². The summed E-state index contributed by atoms with van der Waals surface area (Å²) in [7, 11) is -6.10. The third-order valence-corrected chi connectivity index (χ3v) is 25.3. The molecule has 0 aliphatic rings. The average Bonchev–Trinajstić information content (AvgIpc) is 2.92. The van der Waals surface area contributed by atoms with Gasteiger partial charge in [0.05, 0.1) is 57.6 Å². The van der Waals surface area contributed by atoms with Gasteiger partial charge in [0.2, 0.25) is 17.7 Å². The smallest absolute Gasteiger partial charge is 0.234 e. The van der Waals surface area contributed by atoms with Crippen LogP contribution in [0, 0.1) is 17.8 Å². The van der Waals surface area contributed by atoms with E-state index in [1.165, 1.54) is 0 Å². The van der Waals surface area contributed by atoms with Gasteiger partial charge in [-0.2, -0.15) is 0 Å². The molecule has 0 spiro atoms. The quantitative estimate of drug-likeness (QED) is 0.102. The van der Waals surface area contributed by atoms with Gasteiger partial charge in [-0.3, -0.25) is 19.3 Å². The van der Waals surface area contributed by atoms with E-state index in [9.17, 15) is 14.4 Å². The van der Waals surface area contributed by atoms with Gasteiger partial charge >= 0.3 is 0 Å². The fourth-order valence-corrected chi connectivity index (χ4v) is 7.37. The van der Waals surface area contributed by atoms with Crippen LogP contribution in [0.4, 0.5) is 0 Å². The lowest BCUT2D eigenvalue weighted by atomic mass is 10.1. The van der Waals surface area contributed by atoms with Crippen LogP contribution in [-0.2, 0) is 27.7 Å². The van der Waals surface area contributed by atoms with Crippen molar-refractivity contribution in [3.05, 3.63) is 0 Å². The fraction of sp³-hybridized carbons (Fsp3) is 0.923. The topological polar surface area (TPSA) is 118 Å². The molecule has 3 amide bonds. The van der Waals surface area contributed by atoms with Crippen molar-refractivity contribution in [3.8, 4) is 0 Å². The SMILES string of the molecule is CC(C)[C@@H](CO[Si](C)(C)C(C)(C)C)NC(=O)CN(CC(=O)N[C@H](CO[Si](C)(C)C(C)(C)C)C(C)C)CC(=O)N[C@H](CO[Si](C)(C)C(C)(C)C)C(C)C. The van der Waals surface area contributed by atoms with Gasteiger partial charge in [-0.15, -0.1) is 0 Å². The minimum atomic E-state index is -2.03. The molecule has 0 saturated heterocycles. The van der Waals surface area contributed by atoms with E-state index >= 15 is 0 Å². The molecule has 0 heterocycles. The zero-order valence-electron chi connectivity index (χ0n) is 37.6. The van der Waals surface area contributed by atoms with Gasteiger partial charge < -0.3 is 29.2 Å². The number of nitrogens with one attached hydrogen (secondary N) is 3. The largest absolute Gasteiger partial charge is 0.415 e. The minimum absolute atomic E-state index is 0.0448. The molecule has 0 aromatic heterocycles. The van der Waals surface area contributed by atoms with Crippen molar-refractivity contribution in [3.63, 3.8) is 0 Å². The Hall–Kier alpha value is -1.10. The fourth-order valence-electron chi connectivity index (χ4n) is 4.28. The highest BCUT2D eigenvalue weighted by Gasteiger charge is 2.40. The maximum atomic E-state index is 13.6. The number of amides is 3. The lowest BCUT2D eigenvalue weighted by molar-refractivity contribution is -0.129.